The summed E-state index contributed by atoms with van der Waals surface area (Å²) < 4.78 is 5.24. The first kappa shape index (κ1) is 12.9. The highest BCUT2D eigenvalue weighted by molar-refractivity contribution is 5.72. The van der Waals surface area contributed by atoms with Gasteiger partial charge in [-0.2, -0.15) is 4.98 Å². The molecule has 6 heteroatoms. The third-order valence-electron chi connectivity index (χ3n) is 2.45. The summed E-state index contributed by atoms with van der Waals surface area (Å²) in [6.07, 6.45) is 2.57. The molecule has 2 aromatic heterocycles. The van der Waals surface area contributed by atoms with E-state index in [2.05, 4.69) is 15.0 Å². The molecule has 0 fully saturated rings. The molecule has 0 amide bonds. The van der Waals surface area contributed by atoms with E-state index in [0.717, 1.165) is 0 Å². The summed E-state index contributed by atoms with van der Waals surface area (Å²) in [5, 5.41) is 8.93. The second-order valence-corrected chi connectivity index (χ2v) is 3.79. The second kappa shape index (κ2) is 5.90. The molecule has 19 heavy (non-hydrogen) atoms. The van der Waals surface area contributed by atoms with E-state index >= 15 is 0 Å². The van der Waals surface area contributed by atoms with E-state index in [1.54, 1.807) is 31.3 Å². The Balaban J connectivity index is 2.23. The molecule has 1 N–H and O–H groups in total. The minimum atomic E-state index is -1.03. The molecule has 0 aliphatic carbocycles. The Morgan fingerprint density at radius 1 is 1.26 bits per heavy atom. The number of carbonyl (C=O) groups is 1. The molecule has 0 aliphatic rings. The third-order valence-corrected chi connectivity index (χ3v) is 2.45. The van der Waals surface area contributed by atoms with Crippen LogP contribution in [0.3, 0.4) is 0 Å². The molecule has 0 aliphatic heterocycles. The van der Waals surface area contributed by atoms with E-state index in [-0.39, 0.29) is 6.01 Å². The molecule has 2 heterocycles. The van der Waals surface area contributed by atoms with Gasteiger partial charge in [0.15, 0.2) is 6.10 Å². The van der Waals surface area contributed by atoms with Crippen LogP contribution in [0.1, 0.15) is 13.3 Å². The average Bonchev–Trinajstić information content (AvgIpc) is 2.45. The van der Waals surface area contributed by atoms with Gasteiger partial charge in [-0.05, 0) is 24.6 Å². The molecular weight excluding hydrogens is 246 g/mol. The number of aliphatic carboxylic acids is 1. The zero-order valence-corrected chi connectivity index (χ0v) is 10.4. The fourth-order valence-corrected chi connectivity index (χ4v) is 1.49. The van der Waals surface area contributed by atoms with E-state index < -0.39 is 12.1 Å². The molecule has 1 unspecified atom stereocenters. The van der Waals surface area contributed by atoms with Crippen molar-refractivity contribution in [1.29, 1.82) is 0 Å². The summed E-state index contributed by atoms with van der Waals surface area (Å²) in [6.45, 7) is 1.72. The standard InChI is InChI=1S/C13H13N3O3/c1-2-11(12(17)18)19-13-15-8-6-10(16-13)9-5-3-4-7-14-9/h3-8,11H,2H2,1H3,(H,17,18). The van der Waals surface area contributed by atoms with Crippen molar-refractivity contribution in [3.8, 4) is 17.4 Å². The fourth-order valence-electron chi connectivity index (χ4n) is 1.49. The molecule has 0 bridgehead atoms. The van der Waals surface area contributed by atoms with Gasteiger partial charge in [-0.25, -0.2) is 9.78 Å². The van der Waals surface area contributed by atoms with Crippen molar-refractivity contribution in [2.24, 2.45) is 0 Å². The van der Waals surface area contributed by atoms with Gasteiger partial charge in [-0.3, -0.25) is 4.98 Å². The Labute approximate surface area is 110 Å². The highest BCUT2D eigenvalue weighted by Crippen LogP contribution is 2.16. The lowest BCUT2D eigenvalue weighted by atomic mass is 10.2. The van der Waals surface area contributed by atoms with Crippen molar-refractivity contribution >= 4 is 5.97 Å². The number of rotatable bonds is 5. The van der Waals surface area contributed by atoms with E-state index in [9.17, 15) is 4.79 Å². The summed E-state index contributed by atoms with van der Waals surface area (Å²) in [5.74, 6) is -1.03. The van der Waals surface area contributed by atoms with Gasteiger partial charge in [0.2, 0.25) is 0 Å². The summed E-state index contributed by atoms with van der Waals surface area (Å²) in [6, 6.07) is 7.19. The van der Waals surface area contributed by atoms with E-state index in [1.165, 1.54) is 6.20 Å². The number of hydrogen-bond acceptors (Lipinski definition) is 5. The van der Waals surface area contributed by atoms with Crippen LogP contribution in [0, 0.1) is 0 Å². The Kier molecular flexibility index (Phi) is 4.02. The van der Waals surface area contributed by atoms with Crippen LogP contribution in [-0.2, 0) is 4.79 Å². The van der Waals surface area contributed by atoms with Gasteiger partial charge < -0.3 is 9.84 Å². The van der Waals surface area contributed by atoms with Crippen molar-refractivity contribution in [1.82, 2.24) is 15.0 Å². The molecule has 0 aromatic carbocycles. The average molecular weight is 259 g/mol. The van der Waals surface area contributed by atoms with Crippen LogP contribution in [0.2, 0.25) is 0 Å². The van der Waals surface area contributed by atoms with Gasteiger partial charge in [0.1, 0.15) is 0 Å². The Hall–Kier alpha value is -2.50. The lowest BCUT2D eigenvalue weighted by Gasteiger charge is -2.11. The molecule has 2 aromatic rings. The summed E-state index contributed by atoms with van der Waals surface area (Å²) in [4.78, 5) is 23.1. The Morgan fingerprint density at radius 2 is 2.11 bits per heavy atom. The van der Waals surface area contributed by atoms with Gasteiger partial charge in [-0.1, -0.05) is 13.0 Å². The first-order valence-corrected chi connectivity index (χ1v) is 5.84. The number of nitrogens with zero attached hydrogens (tertiary/aromatic N) is 3. The monoisotopic (exact) mass is 259 g/mol. The molecule has 2 rings (SSSR count). The van der Waals surface area contributed by atoms with Gasteiger partial charge in [0.25, 0.3) is 0 Å². The predicted molar refractivity (Wildman–Crippen MR) is 67.6 cm³/mol. The Bertz CT molecular complexity index is 560. The Morgan fingerprint density at radius 3 is 2.74 bits per heavy atom. The maximum absolute atomic E-state index is 10.9. The SMILES string of the molecule is CCC(Oc1nccc(-c2ccccn2)n1)C(=O)O. The number of pyridine rings is 1. The highest BCUT2D eigenvalue weighted by Gasteiger charge is 2.18. The van der Waals surface area contributed by atoms with Crippen LogP contribution in [-0.4, -0.2) is 32.1 Å². The molecule has 0 radical (unpaired) electrons. The zero-order chi connectivity index (χ0) is 13.7. The first-order valence-electron chi connectivity index (χ1n) is 5.84. The summed E-state index contributed by atoms with van der Waals surface area (Å²) >= 11 is 0. The summed E-state index contributed by atoms with van der Waals surface area (Å²) in [5.41, 5.74) is 1.27. The van der Waals surface area contributed by atoms with Crippen LogP contribution < -0.4 is 4.74 Å². The molecule has 6 nitrogen and oxygen atoms in total. The van der Waals surface area contributed by atoms with Crippen LogP contribution in [0.5, 0.6) is 6.01 Å². The van der Waals surface area contributed by atoms with Crippen LogP contribution in [0.4, 0.5) is 0 Å². The first-order chi connectivity index (χ1) is 9.20. The minimum absolute atomic E-state index is 0.0393. The molecule has 98 valence electrons. The fraction of sp³-hybridized carbons (Fsp3) is 0.231. The quantitative estimate of drug-likeness (QED) is 0.880. The molecule has 0 saturated carbocycles. The van der Waals surface area contributed by atoms with Crippen molar-refractivity contribution < 1.29 is 14.6 Å². The number of carboxylic acids is 1. The largest absolute Gasteiger partial charge is 0.479 e. The number of carboxylic acid groups (broad SMARTS) is 1. The topological polar surface area (TPSA) is 85.2 Å². The van der Waals surface area contributed by atoms with Crippen molar-refractivity contribution in [3.63, 3.8) is 0 Å². The molecule has 0 saturated heterocycles. The number of ether oxygens (including phenoxy) is 1. The lowest BCUT2D eigenvalue weighted by Crippen LogP contribution is -2.26. The number of hydrogen-bond donors (Lipinski definition) is 1. The lowest BCUT2D eigenvalue weighted by molar-refractivity contribution is -0.145. The van der Waals surface area contributed by atoms with Crippen molar-refractivity contribution in [2.75, 3.05) is 0 Å². The second-order valence-electron chi connectivity index (χ2n) is 3.79. The molecular formula is C13H13N3O3. The molecule has 1 atom stereocenters. The molecule has 0 spiro atoms. The van der Waals surface area contributed by atoms with Crippen LogP contribution in [0.25, 0.3) is 11.4 Å². The van der Waals surface area contributed by atoms with Crippen LogP contribution in [0.15, 0.2) is 36.7 Å². The maximum atomic E-state index is 10.9. The zero-order valence-electron chi connectivity index (χ0n) is 10.4. The van der Waals surface area contributed by atoms with Gasteiger partial charge in [0.05, 0.1) is 11.4 Å². The van der Waals surface area contributed by atoms with E-state index in [1.807, 2.05) is 6.07 Å². The normalized spacial score (nSPS) is 11.8. The number of aromatic nitrogens is 3. The van der Waals surface area contributed by atoms with Gasteiger partial charge >= 0.3 is 12.0 Å². The van der Waals surface area contributed by atoms with Gasteiger partial charge in [-0.15, -0.1) is 0 Å². The van der Waals surface area contributed by atoms with Gasteiger partial charge in [0, 0.05) is 12.4 Å². The minimum Gasteiger partial charge on any atom is -0.479 e. The maximum Gasteiger partial charge on any atom is 0.345 e. The smallest absolute Gasteiger partial charge is 0.345 e. The summed E-state index contributed by atoms with van der Waals surface area (Å²) in [7, 11) is 0. The van der Waals surface area contributed by atoms with Crippen molar-refractivity contribution in [2.45, 2.75) is 19.4 Å². The predicted octanol–water partition coefficient (Wildman–Crippen LogP) is 1.78. The van der Waals surface area contributed by atoms with Crippen molar-refractivity contribution in [3.05, 3.63) is 36.7 Å². The highest BCUT2D eigenvalue weighted by atomic mass is 16.5. The van der Waals surface area contributed by atoms with E-state index in [4.69, 9.17) is 9.84 Å². The third kappa shape index (κ3) is 3.25. The van der Waals surface area contributed by atoms with E-state index in [0.29, 0.717) is 17.8 Å². The van der Waals surface area contributed by atoms with Crippen LogP contribution >= 0.6 is 0 Å².